The normalized spacial score (nSPS) is 12.7. The molecule has 7 nitrogen and oxygen atoms in total. The van der Waals surface area contributed by atoms with Crippen LogP contribution in [0.15, 0.2) is 35.4 Å². The Morgan fingerprint density at radius 2 is 1.93 bits per heavy atom. The third kappa shape index (κ3) is 6.09. The van der Waals surface area contributed by atoms with Crippen LogP contribution in [-0.4, -0.2) is 36.6 Å². The third-order valence-corrected chi connectivity index (χ3v) is 5.92. The highest BCUT2D eigenvalue weighted by molar-refractivity contribution is 7.89. The Labute approximate surface area is 168 Å². The van der Waals surface area contributed by atoms with E-state index >= 15 is 0 Å². The maximum atomic E-state index is 13.4. The molecule has 0 saturated carbocycles. The van der Waals surface area contributed by atoms with Crippen molar-refractivity contribution in [2.45, 2.75) is 50.6 Å². The fraction of sp³-hybridized carbons (Fsp3) is 0.421. The molecule has 0 fully saturated rings. The molecule has 0 radical (unpaired) electrons. The number of nitrogens with one attached hydrogen (secondary N) is 2. The van der Waals surface area contributed by atoms with Crippen LogP contribution in [-0.2, 0) is 16.6 Å². The smallest absolute Gasteiger partial charge is 0.272 e. The first-order valence-electron chi connectivity index (χ1n) is 9.27. The Morgan fingerprint density at radius 3 is 2.55 bits per heavy atom. The lowest BCUT2D eigenvalue weighted by molar-refractivity contribution is 0.101. The molecule has 0 aliphatic heterocycles. The van der Waals surface area contributed by atoms with Crippen LogP contribution in [0.25, 0.3) is 0 Å². The summed E-state index contributed by atoms with van der Waals surface area (Å²) in [4.78, 5) is 12.6. The molecule has 0 bridgehead atoms. The average Bonchev–Trinajstić information content (AvgIpc) is 3.10. The van der Waals surface area contributed by atoms with E-state index in [-0.39, 0.29) is 28.9 Å². The van der Waals surface area contributed by atoms with Crippen LogP contribution >= 0.6 is 0 Å². The molecule has 2 rings (SSSR count). The van der Waals surface area contributed by atoms with E-state index in [0.717, 1.165) is 12.1 Å². The Kier molecular flexibility index (Phi) is 7.88. The molecule has 3 N–H and O–H groups in total. The number of aryl methyl sites for hydroxylation is 1. The van der Waals surface area contributed by atoms with Crippen LogP contribution in [0.4, 0.5) is 14.5 Å². The summed E-state index contributed by atoms with van der Waals surface area (Å²) in [5.41, 5.74) is 0.0938. The zero-order valence-corrected chi connectivity index (χ0v) is 17.1. The second-order valence-electron chi connectivity index (χ2n) is 6.70. The molecule has 0 aliphatic rings. The Hall–Kier alpha value is -2.30. The molecule has 1 amide bonds. The largest absolute Gasteiger partial charge is 0.396 e. The van der Waals surface area contributed by atoms with Crippen molar-refractivity contribution in [3.05, 3.63) is 47.8 Å². The summed E-state index contributed by atoms with van der Waals surface area (Å²) in [6, 6.07) is 3.89. The number of amides is 1. The maximum absolute atomic E-state index is 13.4. The van der Waals surface area contributed by atoms with Gasteiger partial charge < -0.3 is 15.0 Å². The Bertz CT molecular complexity index is 960. The number of nitrogens with zero attached hydrogens (tertiary/aromatic N) is 1. The van der Waals surface area contributed by atoms with Crippen LogP contribution < -0.4 is 10.0 Å². The summed E-state index contributed by atoms with van der Waals surface area (Å²) in [7, 11) is -3.83. The molecular weight excluding hydrogens is 404 g/mol. The minimum absolute atomic E-state index is 0.0294. The molecule has 10 heteroatoms. The van der Waals surface area contributed by atoms with Gasteiger partial charge in [-0.2, -0.15) is 0 Å². The number of rotatable bonds is 10. The van der Waals surface area contributed by atoms with E-state index in [4.69, 9.17) is 5.11 Å². The molecule has 1 atom stereocenters. The Morgan fingerprint density at radius 1 is 1.21 bits per heavy atom. The number of carbonyl (C=O) groups excluding carboxylic acids is 1. The van der Waals surface area contributed by atoms with E-state index in [9.17, 15) is 22.0 Å². The molecule has 1 aromatic heterocycles. The first kappa shape index (κ1) is 23.0. The van der Waals surface area contributed by atoms with E-state index in [1.54, 1.807) is 6.92 Å². The summed E-state index contributed by atoms with van der Waals surface area (Å²) in [5, 5.41) is 11.4. The predicted octanol–water partition coefficient (Wildman–Crippen LogP) is 2.87. The number of aliphatic hydroxyl groups excluding tert-OH is 1. The fourth-order valence-electron chi connectivity index (χ4n) is 2.59. The molecular formula is C19H25F2N3O4S. The van der Waals surface area contributed by atoms with Crippen molar-refractivity contribution in [1.82, 2.24) is 9.29 Å². The lowest BCUT2D eigenvalue weighted by Gasteiger charge is -2.10. The van der Waals surface area contributed by atoms with E-state index in [0.29, 0.717) is 25.8 Å². The minimum atomic E-state index is -3.83. The first-order valence-corrected chi connectivity index (χ1v) is 10.8. The highest BCUT2D eigenvalue weighted by atomic mass is 32.2. The SMILES string of the molecule is CC[C@@H](C)NS(=O)(=O)c1cc(C(=O)Nc2ccc(F)c(F)c2)n(CCCCO)c1. The lowest BCUT2D eigenvalue weighted by Crippen LogP contribution is -2.31. The van der Waals surface area contributed by atoms with Crippen molar-refractivity contribution in [3.8, 4) is 0 Å². The van der Waals surface area contributed by atoms with Crippen LogP contribution in [0.5, 0.6) is 0 Å². The number of sulfonamides is 1. The van der Waals surface area contributed by atoms with E-state index < -0.39 is 27.6 Å². The molecule has 1 aromatic carbocycles. The third-order valence-electron chi connectivity index (χ3n) is 4.37. The van der Waals surface area contributed by atoms with E-state index in [2.05, 4.69) is 10.0 Å². The maximum Gasteiger partial charge on any atom is 0.272 e. The van der Waals surface area contributed by atoms with E-state index in [1.165, 1.54) is 22.9 Å². The number of hydrogen-bond acceptors (Lipinski definition) is 4. The quantitative estimate of drug-likeness (QED) is 0.506. The van der Waals surface area contributed by atoms with Gasteiger partial charge in [0.2, 0.25) is 10.0 Å². The predicted molar refractivity (Wildman–Crippen MR) is 105 cm³/mol. The number of halogens is 2. The Balaban J connectivity index is 2.33. The number of unbranched alkanes of at least 4 members (excludes halogenated alkanes) is 1. The molecule has 0 spiro atoms. The summed E-state index contributed by atoms with van der Waals surface area (Å²) in [6.45, 7) is 3.85. The fourth-order valence-corrected chi connectivity index (χ4v) is 3.95. The van der Waals surface area contributed by atoms with Crippen LogP contribution in [0, 0.1) is 11.6 Å². The topological polar surface area (TPSA) is 100 Å². The van der Waals surface area contributed by atoms with Gasteiger partial charge in [-0.05, 0) is 44.4 Å². The molecule has 160 valence electrons. The van der Waals surface area contributed by atoms with Gasteiger partial charge in [-0.1, -0.05) is 6.92 Å². The summed E-state index contributed by atoms with van der Waals surface area (Å²) >= 11 is 0. The van der Waals surface area contributed by atoms with E-state index in [1.807, 2.05) is 6.92 Å². The van der Waals surface area contributed by atoms with Crippen molar-refractivity contribution in [3.63, 3.8) is 0 Å². The number of benzene rings is 1. The number of carbonyl (C=O) groups is 1. The zero-order valence-electron chi connectivity index (χ0n) is 16.3. The van der Waals surface area contributed by atoms with Crippen LogP contribution in [0.2, 0.25) is 0 Å². The van der Waals surface area contributed by atoms with Crippen molar-refractivity contribution < 1.29 is 27.1 Å². The number of aliphatic hydroxyl groups is 1. The second-order valence-corrected chi connectivity index (χ2v) is 8.41. The van der Waals surface area contributed by atoms with Gasteiger partial charge in [0.05, 0.1) is 0 Å². The molecule has 0 unspecified atom stereocenters. The molecule has 0 saturated heterocycles. The molecule has 2 aromatic rings. The van der Waals surface area contributed by atoms with Crippen LogP contribution in [0.3, 0.4) is 0 Å². The standard InChI is InChI=1S/C19H25F2N3O4S/c1-3-13(2)23-29(27,28)15-11-18(24(12-15)8-4-5-9-25)19(26)22-14-6-7-16(20)17(21)10-14/h6-7,10-13,23,25H,3-5,8-9H2,1-2H3,(H,22,26)/t13-/m1/s1. The van der Waals surface area contributed by atoms with Gasteiger partial charge in [-0.3, -0.25) is 4.79 Å². The number of aromatic nitrogens is 1. The average molecular weight is 429 g/mol. The van der Waals surface area contributed by atoms with Crippen LogP contribution in [0.1, 0.15) is 43.6 Å². The van der Waals surface area contributed by atoms with Crippen molar-refractivity contribution in [2.75, 3.05) is 11.9 Å². The van der Waals surface area contributed by atoms with Gasteiger partial charge in [0.15, 0.2) is 11.6 Å². The lowest BCUT2D eigenvalue weighted by atomic mass is 10.2. The van der Waals surface area contributed by atoms with Gasteiger partial charge in [-0.15, -0.1) is 0 Å². The van der Waals surface area contributed by atoms with Gasteiger partial charge >= 0.3 is 0 Å². The first-order chi connectivity index (χ1) is 13.7. The molecule has 0 aliphatic carbocycles. The van der Waals surface area contributed by atoms with Gasteiger partial charge in [-0.25, -0.2) is 21.9 Å². The second kappa shape index (κ2) is 9.95. The summed E-state index contributed by atoms with van der Waals surface area (Å²) in [5.74, 6) is -2.81. The molecule has 29 heavy (non-hydrogen) atoms. The number of hydrogen-bond donors (Lipinski definition) is 3. The number of anilines is 1. The highest BCUT2D eigenvalue weighted by Crippen LogP contribution is 2.19. The van der Waals surface area contributed by atoms with Crippen molar-refractivity contribution in [2.24, 2.45) is 0 Å². The van der Waals surface area contributed by atoms with Gasteiger partial charge in [0, 0.05) is 37.1 Å². The monoisotopic (exact) mass is 429 g/mol. The van der Waals surface area contributed by atoms with Gasteiger partial charge in [0.1, 0.15) is 10.6 Å². The summed E-state index contributed by atoms with van der Waals surface area (Å²) in [6.07, 6.45) is 2.95. The highest BCUT2D eigenvalue weighted by Gasteiger charge is 2.23. The van der Waals surface area contributed by atoms with Crippen molar-refractivity contribution in [1.29, 1.82) is 0 Å². The molecule has 1 heterocycles. The van der Waals surface area contributed by atoms with Crippen molar-refractivity contribution >= 4 is 21.6 Å². The zero-order chi connectivity index (χ0) is 21.6. The summed E-state index contributed by atoms with van der Waals surface area (Å²) < 4.78 is 55.6. The van der Waals surface area contributed by atoms with Gasteiger partial charge in [0.25, 0.3) is 5.91 Å². The minimum Gasteiger partial charge on any atom is -0.396 e.